The smallest absolute Gasteiger partial charge is 0.169 e. The fraction of sp³-hybridized carbons (Fsp3) is 0.692. The summed E-state index contributed by atoms with van der Waals surface area (Å²) in [5, 5.41) is 0. The van der Waals surface area contributed by atoms with E-state index in [0.717, 1.165) is 34.6 Å². The third-order valence-corrected chi connectivity index (χ3v) is 4.99. The zero-order valence-corrected chi connectivity index (χ0v) is 11.4. The van der Waals surface area contributed by atoms with Crippen molar-refractivity contribution in [3.63, 3.8) is 0 Å². The van der Waals surface area contributed by atoms with E-state index in [2.05, 4.69) is 21.4 Å². The molecule has 1 aromatic rings. The molecule has 2 aliphatic rings. The van der Waals surface area contributed by atoms with Gasteiger partial charge in [0, 0.05) is 0 Å². The second-order valence-electron chi connectivity index (χ2n) is 5.53. The van der Waals surface area contributed by atoms with E-state index in [0.29, 0.717) is 0 Å². The molecule has 4 atom stereocenters. The Bertz CT molecular complexity index is 393. The summed E-state index contributed by atoms with van der Waals surface area (Å²) in [6, 6.07) is 4.09. The first-order valence-corrected chi connectivity index (χ1v) is 7.27. The van der Waals surface area contributed by atoms with Crippen LogP contribution in [0, 0.1) is 17.8 Å². The highest BCUT2D eigenvalue weighted by Crippen LogP contribution is 2.50. The standard InChI is InChI=1S/C13H19BrN2O/c14-13-4-3-12(17-13)11(16-15)7-10-6-8-1-2-9(10)5-8/h3-4,8-11,16H,1-2,5-7,15H2. The van der Waals surface area contributed by atoms with E-state index in [9.17, 15) is 0 Å². The van der Waals surface area contributed by atoms with Gasteiger partial charge in [0.25, 0.3) is 0 Å². The van der Waals surface area contributed by atoms with Crippen LogP contribution in [0.15, 0.2) is 21.2 Å². The number of fused-ring (bicyclic) bond motifs is 2. The summed E-state index contributed by atoms with van der Waals surface area (Å²) >= 11 is 3.34. The lowest BCUT2D eigenvalue weighted by Crippen LogP contribution is -2.30. The Hall–Kier alpha value is -0.320. The minimum absolute atomic E-state index is 0.158. The number of nitrogens with two attached hydrogens (primary N) is 1. The van der Waals surface area contributed by atoms with Crippen molar-refractivity contribution < 1.29 is 4.42 Å². The van der Waals surface area contributed by atoms with E-state index < -0.39 is 0 Å². The van der Waals surface area contributed by atoms with Gasteiger partial charge in [-0.2, -0.15) is 0 Å². The molecule has 94 valence electrons. The number of hydrogen-bond acceptors (Lipinski definition) is 3. The van der Waals surface area contributed by atoms with Gasteiger partial charge in [-0.3, -0.25) is 5.84 Å². The van der Waals surface area contributed by atoms with Crippen LogP contribution in [0.5, 0.6) is 0 Å². The number of hydrogen-bond donors (Lipinski definition) is 2. The summed E-state index contributed by atoms with van der Waals surface area (Å²) in [5.74, 6) is 9.38. The molecule has 4 unspecified atom stereocenters. The van der Waals surface area contributed by atoms with Gasteiger partial charge in [0.15, 0.2) is 4.67 Å². The quantitative estimate of drug-likeness (QED) is 0.662. The molecule has 3 N–H and O–H groups in total. The van der Waals surface area contributed by atoms with E-state index in [1.807, 2.05) is 12.1 Å². The van der Waals surface area contributed by atoms with Crippen LogP contribution in [0.1, 0.15) is 43.9 Å². The molecule has 0 amide bonds. The van der Waals surface area contributed by atoms with Crippen molar-refractivity contribution in [3.05, 3.63) is 22.6 Å². The summed E-state index contributed by atoms with van der Waals surface area (Å²) < 4.78 is 6.38. The fourth-order valence-electron chi connectivity index (χ4n) is 3.75. The number of hydrazine groups is 1. The lowest BCUT2D eigenvalue weighted by molar-refractivity contribution is 0.262. The molecule has 1 aromatic heterocycles. The van der Waals surface area contributed by atoms with E-state index in [4.69, 9.17) is 10.3 Å². The van der Waals surface area contributed by atoms with Crippen LogP contribution in [0.3, 0.4) is 0 Å². The average Bonchev–Trinajstić information content (AvgIpc) is 3.01. The van der Waals surface area contributed by atoms with Gasteiger partial charge in [0.2, 0.25) is 0 Å². The molecule has 0 saturated heterocycles. The Morgan fingerprint density at radius 2 is 2.29 bits per heavy atom. The van der Waals surface area contributed by atoms with Gasteiger partial charge in [-0.25, -0.2) is 5.43 Å². The van der Waals surface area contributed by atoms with Gasteiger partial charge in [0.05, 0.1) is 6.04 Å². The highest BCUT2D eigenvalue weighted by atomic mass is 79.9. The molecule has 2 aliphatic carbocycles. The second-order valence-corrected chi connectivity index (χ2v) is 6.31. The maximum absolute atomic E-state index is 5.66. The van der Waals surface area contributed by atoms with Crippen molar-refractivity contribution in [1.82, 2.24) is 5.43 Å². The highest BCUT2D eigenvalue weighted by Gasteiger charge is 2.40. The van der Waals surface area contributed by atoms with Crippen molar-refractivity contribution in [2.45, 2.75) is 38.1 Å². The van der Waals surface area contributed by atoms with Crippen molar-refractivity contribution >= 4 is 15.9 Å². The van der Waals surface area contributed by atoms with Gasteiger partial charge in [-0.15, -0.1) is 0 Å². The first kappa shape index (κ1) is 11.8. The normalized spacial score (nSPS) is 33.2. The predicted molar refractivity (Wildman–Crippen MR) is 70.0 cm³/mol. The van der Waals surface area contributed by atoms with Crippen LogP contribution in [0.4, 0.5) is 0 Å². The third kappa shape index (κ3) is 2.30. The molecule has 2 bridgehead atoms. The van der Waals surface area contributed by atoms with Gasteiger partial charge >= 0.3 is 0 Å². The first-order chi connectivity index (χ1) is 8.26. The molecular weight excluding hydrogens is 280 g/mol. The fourth-order valence-corrected chi connectivity index (χ4v) is 4.07. The minimum atomic E-state index is 0.158. The number of nitrogens with one attached hydrogen (secondary N) is 1. The van der Waals surface area contributed by atoms with E-state index in [1.165, 1.54) is 25.7 Å². The molecule has 2 saturated carbocycles. The van der Waals surface area contributed by atoms with E-state index in [-0.39, 0.29) is 6.04 Å². The van der Waals surface area contributed by atoms with Crippen molar-refractivity contribution in [1.29, 1.82) is 0 Å². The van der Waals surface area contributed by atoms with Gasteiger partial charge in [-0.05, 0) is 71.5 Å². The number of halogens is 1. The summed E-state index contributed by atoms with van der Waals surface area (Å²) in [7, 11) is 0. The minimum Gasteiger partial charge on any atom is -0.453 e. The summed E-state index contributed by atoms with van der Waals surface area (Å²) in [4.78, 5) is 0. The predicted octanol–water partition coefficient (Wildman–Crippen LogP) is 3.37. The molecule has 0 radical (unpaired) electrons. The lowest BCUT2D eigenvalue weighted by Gasteiger charge is -2.25. The Balaban J connectivity index is 1.66. The Kier molecular flexibility index (Phi) is 3.28. The maximum Gasteiger partial charge on any atom is 0.169 e. The highest BCUT2D eigenvalue weighted by molar-refractivity contribution is 9.10. The van der Waals surface area contributed by atoms with Gasteiger partial charge < -0.3 is 4.42 Å². The van der Waals surface area contributed by atoms with Gasteiger partial charge in [-0.1, -0.05) is 6.42 Å². The van der Waals surface area contributed by atoms with Crippen LogP contribution in [-0.2, 0) is 0 Å². The number of rotatable bonds is 4. The van der Waals surface area contributed by atoms with Crippen LogP contribution in [-0.4, -0.2) is 0 Å². The molecule has 3 nitrogen and oxygen atoms in total. The number of furan rings is 1. The molecule has 17 heavy (non-hydrogen) atoms. The van der Waals surface area contributed by atoms with E-state index in [1.54, 1.807) is 0 Å². The monoisotopic (exact) mass is 298 g/mol. The molecule has 4 heteroatoms. The van der Waals surface area contributed by atoms with E-state index >= 15 is 0 Å². The zero-order valence-electron chi connectivity index (χ0n) is 9.86. The molecule has 2 fully saturated rings. The van der Waals surface area contributed by atoms with Gasteiger partial charge in [0.1, 0.15) is 5.76 Å². The molecule has 3 rings (SSSR count). The van der Waals surface area contributed by atoms with Crippen LogP contribution in [0.2, 0.25) is 0 Å². The topological polar surface area (TPSA) is 51.2 Å². The first-order valence-electron chi connectivity index (χ1n) is 6.47. The summed E-state index contributed by atoms with van der Waals surface area (Å²) in [6.07, 6.45) is 6.83. The average molecular weight is 299 g/mol. The Morgan fingerprint density at radius 1 is 1.41 bits per heavy atom. The molecule has 0 spiro atoms. The Morgan fingerprint density at radius 3 is 2.82 bits per heavy atom. The summed E-state index contributed by atoms with van der Waals surface area (Å²) in [5.41, 5.74) is 2.90. The lowest BCUT2D eigenvalue weighted by atomic mass is 9.84. The van der Waals surface area contributed by atoms with Crippen LogP contribution in [0.25, 0.3) is 0 Å². The van der Waals surface area contributed by atoms with Crippen LogP contribution < -0.4 is 11.3 Å². The SMILES string of the molecule is NNC(CC1CC2CCC1C2)c1ccc(Br)o1. The molecule has 0 aromatic carbocycles. The largest absolute Gasteiger partial charge is 0.453 e. The molecule has 1 heterocycles. The third-order valence-electron chi connectivity index (χ3n) is 4.56. The second kappa shape index (κ2) is 4.75. The Labute approximate surface area is 110 Å². The zero-order chi connectivity index (χ0) is 11.8. The van der Waals surface area contributed by atoms with Crippen molar-refractivity contribution in [3.8, 4) is 0 Å². The van der Waals surface area contributed by atoms with Crippen LogP contribution >= 0.6 is 15.9 Å². The van der Waals surface area contributed by atoms with Crippen molar-refractivity contribution in [2.75, 3.05) is 0 Å². The molecule has 0 aliphatic heterocycles. The molecular formula is C13H19BrN2O. The van der Waals surface area contributed by atoms with Crippen molar-refractivity contribution in [2.24, 2.45) is 23.6 Å². The summed E-state index contributed by atoms with van der Waals surface area (Å²) in [6.45, 7) is 0. The maximum atomic E-state index is 5.66.